The number of rotatable bonds is 20. The molecule has 4 amide bonds. The molecule has 4 spiro atoms. The number of benzene rings is 8. The van der Waals surface area contributed by atoms with Gasteiger partial charge in [-0.1, -0.05) is 168 Å². The van der Waals surface area contributed by atoms with Crippen LogP contribution in [-0.4, -0.2) is 98.4 Å². The van der Waals surface area contributed by atoms with E-state index in [-0.39, 0.29) is 45.8 Å². The molecule has 16 rings (SSSR count). The first-order valence-corrected chi connectivity index (χ1v) is 44.1. The van der Waals surface area contributed by atoms with Gasteiger partial charge in [-0.15, -0.1) is 0 Å². The Kier molecular flexibility index (Phi) is 29.2. The molecule has 688 valence electrons. The van der Waals surface area contributed by atoms with Gasteiger partial charge in [0, 0.05) is 51.9 Å². The predicted octanol–water partition coefficient (Wildman–Crippen LogP) is 20.1. The van der Waals surface area contributed by atoms with Gasteiger partial charge in [0.2, 0.25) is 23.6 Å². The lowest BCUT2D eigenvalue weighted by Crippen LogP contribution is -2.61. The molecule has 0 radical (unpaired) electrons. The van der Waals surface area contributed by atoms with Crippen LogP contribution in [0.25, 0.3) is 0 Å². The average molecular weight is 1790 g/mol. The fourth-order valence-electron chi connectivity index (χ4n) is 19.4. The summed E-state index contributed by atoms with van der Waals surface area (Å²) in [6.07, 6.45) is -7.85. The Morgan fingerprint density at radius 2 is 0.461 bits per heavy atom. The fraction of sp³-hybridized carbons (Fsp3) is 0.480. The summed E-state index contributed by atoms with van der Waals surface area (Å²) < 4.78 is 184. The third-order valence-corrected chi connectivity index (χ3v) is 27.3. The molecule has 8 fully saturated rings. The van der Waals surface area contributed by atoms with E-state index in [1.54, 1.807) is 79.7 Å². The van der Waals surface area contributed by atoms with Crippen molar-refractivity contribution >= 4 is 23.6 Å². The first-order chi connectivity index (χ1) is 60.4. The Hall–Kier alpha value is -9.52. The van der Waals surface area contributed by atoms with Gasteiger partial charge in [0.05, 0.1) is 117 Å². The third kappa shape index (κ3) is 23.2. The molecule has 0 bridgehead atoms. The van der Waals surface area contributed by atoms with Crippen LogP contribution < -0.4 is 42.5 Å². The molecule has 8 saturated heterocycles. The molecule has 0 aromatic heterocycles. The summed E-state index contributed by atoms with van der Waals surface area (Å²) >= 11 is 0. The monoisotopic (exact) mass is 1780 g/mol. The summed E-state index contributed by atoms with van der Waals surface area (Å²) in [5.74, 6) is 0.347. The lowest BCUT2D eigenvalue weighted by Gasteiger charge is -2.46. The highest BCUT2D eigenvalue weighted by Gasteiger charge is 2.52. The largest absolute Gasteiger partial charge is 0.416 e. The molecule has 8 aliphatic heterocycles. The van der Waals surface area contributed by atoms with Crippen LogP contribution in [-0.2, 0) is 85.0 Å². The van der Waals surface area contributed by atoms with Crippen molar-refractivity contribution in [3.8, 4) is 0 Å². The van der Waals surface area contributed by atoms with Gasteiger partial charge in [-0.05, 0) is 225 Å². The number of nitrogens with one attached hydrogen (secondary N) is 8. The number of alkyl halides is 12. The highest BCUT2D eigenvalue weighted by atomic mass is 19.4. The predicted molar refractivity (Wildman–Crippen MR) is 464 cm³/mol. The lowest BCUT2D eigenvalue weighted by molar-refractivity contribution is -0.138. The van der Waals surface area contributed by atoms with Crippen LogP contribution in [0.2, 0.25) is 0 Å². The number of halogens is 12. The van der Waals surface area contributed by atoms with E-state index in [2.05, 4.69) is 42.5 Å². The van der Waals surface area contributed by atoms with Gasteiger partial charge in [0.25, 0.3) is 0 Å². The van der Waals surface area contributed by atoms with Crippen molar-refractivity contribution in [2.45, 2.75) is 252 Å². The van der Waals surface area contributed by atoms with E-state index in [1.165, 1.54) is 24.3 Å². The summed E-state index contributed by atoms with van der Waals surface area (Å²) in [7, 11) is 0. The SMILES string of the molecule is Cc1cc([C@@H](C)OC[C@@]2(c3ccccc3)CC[C@@]3(CCC(=O)N3)CN2)cc(C(F)(F)F)c1.Cc1cc([C@@H](C)OC[C@]2(c3ccccc3)CC[C@@]3(CCC(=O)N3)CN2)cc(C(F)(F)F)c1.Cc1cc([C@@H](C)OC[C@]2(c3ccccc3)CC[C@]3(CCC(=O)N3)CN2)cc(C(F)(F)F)c1.Cc1cc([C@H](C)OC[C@@]2(c3ccccc3)CC[C@]3(CCC(=O)N3)CN2)cc(C(F)(F)F)c1. The summed E-state index contributed by atoms with van der Waals surface area (Å²) in [6.45, 7) is 17.6. The summed E-state index contributed by atoms with van der Waals surface area (Å²) in [5.41, 5.74) is 3.17. The molecule has 8 aromatic carbocycles. The third-order valence-electron chi connectivity index (χ3n) is 27.3. The van der Waals surface area contributed by atoms with E-state index in [1.807, 2.05) is 121 Å². The average Bonchev–Trinajstić information content (AvgIpc) is 1.43. The second kappa shape index (κ2) is 38.9. The van der Waals surface area contributed by atoms with Crippen molar-refractivity contribution in [2.24, 2.45) is 0 Å². The molecule has 28 heteroatoms. The highest BCUT2D eigenvalue weighted by Crippen LogP contribution is 2.47. The minimum absolute atomic E-state index is 0.0869. The number of carbonyl (C=O) groups is 4. The van der Waals surface area contributed by atoms with E-state index < -0.39 is 93.5 Å². The zero-order valence-corrected chi connectivity index (χ0v) is 73.6. The van der Waals surface area contributed by atoms with Crippen molar-refractivity contribution in [3.05, 3.63) is 283 Å². The molecule has 0 saturated carbocycles. The zero-order chi connectivity index (χ0) is 91.9. The van der Waals surface area contributed by atoms with Crippen LogP contribution in [0.3, 0.4) is 0 Å². The maximum Gasteiger partial charge on any atom is 0.416 e. The van der Waals surface area contributed by atoms with Crippen molar-refractivity contribution in [3.63, 3.8) is 0 Å². The van der Waals surface area contributed by atoms with Crippen molar-refractivity contribution in [1.29, 1.82) is 0 Å². The van der Waals surface area contributed by atoms with Crippen LogP contribution in [0, 0.1) is 27.7 Å². The molecule has 8 heterocycles. The van der Waals surface area contributed by atoms with Crippen LogP contribution >= 0.6 is 0 Å². The van der Waals surface area contributed by atoms with Gasteiger partial charge >= 0.3 is 24.7 Å². The molecule has 0 aliphatic carbocycles. The second-order valence-corrected chi connectivity index (χ2v) is 36.9. The molecule has 128 heavy (non-hydrogen) atoms. The summed E-state index contributed by atoms with van der Waals surface area (Å²) in [6, 6.07) is 56.2. The number of ether oxygens (including phenoxy) is 4. The van der Waals surface area contributed by atoms with E-state index in [9.17, 15) is 71.9 Å². The van der Waals surface area contributed by atoms with Crippen molar-refractivity contribution < 1.29 is 90.8 Å². The minimum Gasteiger partial charge on any atom is -0.372 e. The Bertz CT molecular complexity index is 4500. The normalized spacial score (nSPS) is 26.8. The van der Waals surface area contributed by atoms with Gasteiger partial charge in [0.1, 0.15) is 0 Å². The second-order valence-electron chi connectivity index (χ2n) is 36.9. The van der Waals surface area contributed by atoms with Gasteiger partial charge in [-0.3, -0.25) is 19.2 Å². The molecule has 8 aromatic rings. The number of hydrogen-bond donors (Lipinski definition) is 8. The Morgan fingerprint density at radius 1 is 0.273 bits per heavy atom. The molecule has 16 nitrogen and oxygen atoms in total. The van der Waals surface area contributed by atoms with Gasteiger partial charge < -0.3 is 61.5 Å². The molecular weight excluding hydrogens is 1670 g/mol. The van der Waals surface area contributed by atoms with Crippen molar-refractivity contribution in [2.75, 3.05) is 52.6 Å². The first-order valence-electron chi connectivity index (χ1n) is 44.1. The first kappa shape index (κ1) is 96.0. The summed E-state index contributed by atoms with van der Waals surface area (Å²) in [5, 5.41) is 27.1. The molecule has 8 N–H and O–H groups in total. The van der Waals surface area contributed by atoms with Gasteiger partial charge in [0.15, 0.2) is 0 Å². The number of amides is 4. The smallest absolute Gasteiger partial charge is 0.372 e. The van der Waals surface area contributed by atoms with Gasteiger partial charge in [-0.25, -0.2) is 0 Å². The number of carbonyl (C=O) groups excluding carboxylic acids is 4. The summed E-state index contributed by atoms with van der Waals surface area (Å²) in [4.78, 5) is 47.2. The Balaban J connectivity index is 0.000000146. The molecule has 0 unspecified atom stereocenters. The van der Waals surface area contributed by atoms with Gasteiger partial charge in [-0.2, -0.15) is 52.7 Å². The van der Waals surface area contributed by atoms with E-state index >= 15 is 0 Å². The molecular formula is C100H116F12N8O8. The minimum atomic E-state index is -4.39. The number of aryl methyl sites for hydroxylation is 4. The lowest BCUT2D eigenvalue weighted by atomic mass is 9.76. The zero-order valence-electron chi connectivity index (χ0n) is 73.6. The maximum atomic E-state index is 13.3. The quantitative estimate of drug-likeness (QED) is 0.0336. The maximum absolute atomic E-state index is 13.3. The molecule has 12 atom stereocenters. The van der Waals surface area contributed by atoms with Crippen LogP contribution in [0.15, 0.2) is 194 Å². The Morgan fingerprint density at radius 3 is 0.609 bits per heavy atom. The van der Waals surface area contributed by atoms with Crippen LogP contribution in [0.4, 0.5) is 52.7 Å². The van der Waals surface area contributed by atoms with E-state index in [0.29, 0.717) is 123 Å². The van der Waals surface area contributed by atoms with Crippen molar-refractivity contribution in [1.82, 2.24) is 42.5 Å². The van der Waals surface area contributed by atoms with Crippen LogP contribution in [0.5, 0.6) is 0 Å². The van der Waals surface area contributed by atoms with Crippen LogP contribution in [0.1, 0.15) is 244 Å². The highest BCUT2D eigenvalue weighted by molar-refractivity contribution is 5.81. The number of hydrogen-bond acceptors (Lipinski definition) is 12. The standard InChI is InChI=1S/4C25H29F3N2O2/c4*1-17-12-19(14-21(13-17)25(26,27)28)18(2)32-16-24(20-6-4-3-5-7-20)11-10-23(15-29-24)9-8-22(31)30-23/h4*3-7,12-14,18,29H,8-11,15-16H2,1-2H3,(H,30,31)/t2*18-,23+,24+;18-,23+,24-;18-,23-,24+/m1011/s1. The Labute approximate surface area is 740 Å². The fourth-order valence-corrected chi connectivity index (χ4v) is 19.4. The van der Waals surface area contributed by atoms with E-state index in [4.69, 9.17) is 18.9 Å². The van der Waals surface area contributed by atoms with E-state index in [0.717, 1.165) is 124 Å². The molecule has 8 aliphatic rings. The topological polar surface area (TPSA) is 201 Å². The number of piperidine rings is 4.